The zero-order valence-electron chi connectivity index (χ0n) is 10.8. The van der Waals surface area contributed by atoms with Crippen LogP contribution in [-0.2, 0) is 0 Å². The van der Waals surface area contributed by atoms with E-state index in [4.69, 9.17) is 28.9 Å². The summed E-state index contributed by atoms with van der Waals surface area (Å²) in [5, 5.41) is 1.58. The summed E-state index contributed by atoms with van der Waals surface area (Å²) in [6, 6.07) is 13.7. The van der Waals surface area contributed by atoms with E-state index >= 15 is 0 Å². The fraction of sp³-hybridized carbons (Fsp3) is 0. The minimum absolute atomic E-state index is 0.246. The lowest BCUT2D eigenvalue weighted by Crippen LogP contribution is -2.06. The lowest BCUT2D eigenvalue weighted by Gasteiger charge is -2.07. The Morgan fingerprint density at radius 1 is 1.05 bits per heavy atom. The van der Waals surface area contributed by atoms with Crippen molar-refractivity contribution >= 4 is 45.6 Å². The zero-order valence-corrected chi connectivity index (χ0v) is 12.3. The first-order chi connectivity index (χ1) is 10.1. The topological polar surface area (TPSA) is 56.0 Å². The van der Waals surface area contributed by atoms with Crippen LogP contribution >= 0.6 is 23.2 Å². The Kier molecular flexibility index (Phi) is 3.53. The molecular weight excluding hydrogens is 307 g/mol. The van der Waals surface area contributed by atoms with Gasteiger partial charge in [0.25, 0.3) is 0 Å². The van der Waals surface area contributed by atoms with E-state index in [-0.39, 0.29) is 11.5 Å². The van der Waals surface area contributed by atoms with E-state index in [0.29, 0.717) is 26.8 Å². The Bertz CT molecular complexity index is 862. The van der Waals surface area contributed by atoms with Crippen molar-refractivity contribution in [2.75, 3.05) is 5.73 Å². The van der Waals surface area contributed by atoms with Gasteiger partial charge in [-0.3, -0.25) is 4.79 Å². The van der Waals surface area contributed by atoms with Crippen molar-refractivity contribution in [1.29, 1.82) is 0 Å². The van der Waals surface area contributed by atoms with E-state index in [9.17, 15) is 4.79 Å². The van der Waals surface area contributed by atoms with Crippen LogP contribution in [0.2, 0.25) is 10.0 Å². The summed E-state index contributed by atoms with van der Waals surface area (Å²) in [6.07, 6.45) is 0. The molecule has 0 bridgehead atoms. The first kappa shape index (κ1) is 13.9. The second-order valence-electron chi connectivity index (χ2n) is 4.57. The predicted molar refractivity (Wildman–Crippen MR) is 86.0 cm³/mol. The monoisotopic (exact) mass is 316 g/mol. The summed E-state index contributed by atoms with van der Waals surface area (Å²) in [5.41, 5.74) is 7.71. The van der Waals surface area contributed by atoms with Gasteiger partial charge in [-0.1, -0.05) is 41.4 Å². The number of halogens is 2. The summed E-state index contributed by atoms with van der Waals surface area (Å²) in [6.45, 7) is 0. The van der Waals surface area contributed by atoms with Crippen molar-refractivity contribution in [1.82, 2.24) is 4.98 Å². The second-order valence-corrected chi connectivity index (χ2v) is 5.41. The minimum atomic E-state index is -0.306. The molecule has 0 aliphatic rings. The maximum Gasteiger partial charge on any atom is 0.212 e. The van der Waals surface area contributed by atoms with Crippen LogP contribution in [0.4, 0.5) is 5.69 Å². The Hall–Kier alpha value is -2.10. The molecule has 1 heterocycles. The van der Waals surface area contributed by atoms with Gasteiger partial charge < -0.3 is 5.73 Å². The number of rotatable bonds is 2. The number of fused-ring (bicyclic) bond motifs is 1. The van der Waals surface area contributed by atoms with Gasteiger partial charge in [0, 0.05) is 21.7 Å². The summed E-state index contributed by atoms with van der Waals surface area (Å²) < 4.78 is 0. The van der Waals surface area contributed by atoms with Crippen LogP contribution in [0.3, 0.4) is 0 Å². The van der Waals surface area contributed by atoms with Gasteiger partial charge in [-0.05, 0) is 30.3 Å². The highest BCUT2D eigenvalue weighted by Gasteiger charge is 2.16. The lowest BCUT2D eigenvalue weighted by molar-refractivity contribution is 0.103. The average Bonchev–Trinajstić information content (AvgIpc) is 2.49. The van der Waals surface area contributed by atoms with Crippen molar-refractivity contribution in [2.24, 2.45) is 0 Å². The first-order valence-electron chi connectivity index (χ1n) is 6.21. The van der Waals surface area contributed by atoms with Crippen LogP contribution in [0.5, 0.6) is 0 Å². The summed E-state index contributed by atoms with van der Waals surface area (Å²) >= 11 is 12.0. The third kappa shape index (κ3) is 2.58. The number of anilines is 1. The standard InChI is InChI=1S/C16H10Cl2N2O/c17-9-5-6-12(18)11(7-9)16(21)15-8-13(19)10-3-1-2-4-14(10)20-15/h1-8H,(H2,19,20). The Labute approximate surface area is 131 Å². The smallest absolute Gasteiger partial charge is 0.212 e. The lowest BCUT2D eigenvalue weighted by atomic mass is 10.1. The second kappa shape index (κ2) is 5.35. The van der Waals surface area contributed by atoms with E-state index in [2.05, 4.69) is 4.98 Å². The highest BCUT2D eigenvalue weighted by atomic mass is 35.5. The Morgan fingerprint density at radius 2 is 1.81 bits per heavy atom. The Balaban J connectivity index is 2.16. The molecule has 0 amide bonds. The summed E-state index contributed by atoms with van der Waals surface area (Å²) in [5.74, 6) is -0.306. The van der Waals surface area contributed by atoms with E-state index in [1.165, 1.54) is 6.07 Å². The molecule has 0 saturated carbocycles. The largest absolute Gasteiger partial charge is 0.398 e. The molecule has 104 valence electrons. The average molecular weight is 317 g/mol. The molecule has 2 aromatic carbocycles. The van der Waals surface area contributed by atoms with E-state index < -0.39 is 0 Å². The summed E-state index contributed by atoms with van der Waals surface area (Å²) in [7, 11) is 0. The first-order valence-corrected chi connectivity index (χ1v) is 6.97. The van der Waals surface area contributed by atoms with Crippen molar-refractivity contribution in [3.05, 3.63) is 69.8 Å². The molecule has 0 fully saturated rings. The third-order valence-corrected chi connectivity index (χ3v) is 3.72. The molecule has 1 aromatic heterocycles. The van der Waals surface area contributed by atoms with Gasteiger partial charge in [-0.25, -0.2) is 4.98 Å². The van der Waals surface area contributed by atoms with Crippen molar-refractivity contribution in [3.8, 4) is 0 Å². The molecule has 2 N–H and O–H groups in total. The highest BCUT2D eigenvalue weighted by molar-refractivity contribution is 6.36. The molecule has 0 unspecified atom stereocenters. The van der Waals surface area contributed by atoms with Crippen LogP contribution in [0.1, 0.15) is 16.1 Å². The van der Waals surface area contributed by atoms with Gasteiger partial charge in [0.15, 0.2) is 0 Å². The van der Waals surface area contributed by atoms with Crippen LogP contribution in [-0.4, -0.2) is 10.8 Å². The quantitative estimate of drug-likeness (QED) is 0.715. The maximum absolute atomic E-state index is 12.6. The number of nitrogen functional groups attached to an aromatic ring is 1. The molecule has 3 aromatic rings. The van der Waals surface area contributed by atoms with Crippen LogP contribution in [0.25, 0.3) is 10.9 Å². The van der Waals surface area contributed by atoms with Crippen molar-refractivity contribution in [3.63, 3.8) is 0 Å². The number of pyridine rings is 1. The number of para-hydroxylation sites is 1. The molecule has 0 spiro atoms. The number of benzene rings is 2. The van der Waals surface area contributed by atoms with Gasteiger partial charge >= 0.3 is 0 Å². The number of carbonyl (C=O) groups is 1. The molecule has 21 heavy (non-hydrogen) atoms. The zero-order chi connectivity index (χ0) is 15.0. The molecule has 0 saturated heterocycles. The third-order valence-electron chi connectivity index (χ3n) is 3.15. The molecule has 3 rings (SSSR count). The molecule has 5 heteroatoms. The SMILES string of the molecule is Nc1cc(C(=O)c2cc(Cl)ccc2Cl)nc2ccccc12. The van der Waals surface area contributed by atoms with Crippen LogP contribution < -0.4 is 5.73 Å². The molecular formula is C16H10Cl2N2O. The fourth-order valence-electron chi connectivity index (χ4n) is 2.13. The molecule has 3 nitrogen and oxygen atoms in total. The van der Waals surface area contributed by atoms with Gasteiger partial charge in [-0.2, -0.15) is 0 Å². The number of nitrogens with zero attached hydrogens (tertiary/aromatic N) is 1. The van der Waals surface area contributed by atoms with Crippen LogP contribution in [0, 0.1) is 0 Å². The molecule has 0 aliphatic carbocycles. The number of hydrogen-bond acceptors (Lipinski definition) is 3. The summed E-state index contributed by atoms with van der Waals surface area (Å²) in [4.78, 5) is 16.9. The minimum Gasteiger partial charge on any atom is -0.398 e. The van der Waals surface area contributed by atoms with E-state index in [1.807, 2.05) is 24.3 Å². The normalized spacial score (nSPS) is 10.8. The Morgan fingerprint density at radius 3 is 2.62 bits per heavy atom. The molecule has 0 atom stereocenters. The number of ketones is 1. The van der Waals surface area contributed by atoms with Crippen LogP contribution in [0.15, 0.2) is 48.5 Å². The number of nitrogens with two attached hydrogens (primary N) is 1. The van der Waals surface area contributed by atoms with Gasteiger partial charge in [0.1, 0.15) is 5.69 Å². The maximum atomic E-state index is 12.6. The van der Waals surface area contributed by atoms with Crippen molar-refractivity contribution < 1.29 is 4.79 Å². The van der Waals surface area contributed by atoms with Crippen molar-refractivity contribution in [2.45, 2.75) is 0 Å². The highest BCUT2D eigenvalue weighted by Crippen LogP contribution is 2.25. The number of carbonyl (C=O) groups excluding carboxylic acids is 1. The molecule has 0 aliphatic heterocycles. The molecule has 0 radical (unpaired) electrons. The van der Waals surface area contributed by atoms with E-state index in [1.54, 1.807) is 18.2 Å². The van der Waals surface area contributed by atoms with Gasteiger partial charge in [0.2, 0.25) is 5.78 Å². The van der Waals surface area contributed by atoms with Gasteiger partial charge in [-0.15, -0.1) is 0 Å². The van der Waals surface area contributed by atoms with E-state index in [0.717, 1.165) is 5.39 Å². The fourth-order valence-corrected chi connectivity index (χ4v) is 2.50. The number of aromatic nitrogens is 1. The predicted octanol–water partition coefficient (Wildman–Crippen LogP) is 4.35. The van der Waals surface area contributed by atoms with Gasteiger partial charge in [0.05, 0.1) is 10.5 Å². The number of hydrogen-bond donors (Lipinski definition) is 1.